The summed E-state index contributed by atoms with van der Waals surface area (Å²) in [5, 5.41) is 4.40. The zero-order chi connectivity index (χ0) is 31.4. The molecule has 2 saturated carbocycles. The number of nitrogens with zero attached hydrogens (tertiary/aromatic N) is 4. The van der Waals surface area contributed by atoms with Crippen molar-refractivity contribution in [2.24, 2.45) is 4.99 Å². The third-order valence-corrected chi connectivity index (χ3v) is 9.67. The highest BCUT2D eigenvalue weighted by Crippen LogP contribution is 2.47. The van der Waals surface area contributed by atoms with E-state index in [9.17, 15) is 13.2 Å². The summed E-state index contributed by atoms with van der Waals surface area (Å²) in [5.41, 5.74) is 3.32. The second-order valence-electron chi connectivity index (χ2n) is 12.0. The predicted octanol–water partition coefficient (Wildman–Crippen LogP) is 3.87. The van der Waals surface area contributed by atoms with Crippen molar-refractivity contribution >= 4 is 32.7 Å². The molecule has 0 bridgehead atoms. The molecule has 0 atom stereocenters. The molecule has 1 aliphatic heterocycles. The van der Waals surface area contributed by atoms with E-state index in [1.807, 2.05) is 10.6 Å². The van der Waals surface area contributed by atoms with Crippen LogP contribution in [-0.4, -0.2) is 75.1 Å². The average molecular weight is 639 g/mol. The third-order valence-electron chi connectivity index (χ3n) is 8.94. The number of aromatic nitrogens is 3. The molecule has 0 saturated heterocycles. The maximum absolute atomic E-state index is 13.7. The van der Waals surface area contributed by atoms with E-state index >= 15 is 0 Å². The highest BCUT2D eigenvalue weighted by Gasteiger charge is 2.29. The Bertz CT molecular complexity index is 1730. The quantitative estimate of drug-likeness (QED) is 0.282. The Balaban J connectivity index is 1.36. The Hall–Kier alpha value is -3.55. The Morgan fingerprint density at radius 1 is 1.09 bits per heavy atom. The highest BCUT2D eigenvalue weighted by molar-refractivity contribution is 7.88. The summed E-state index contributed by atoms with van der Waals surface area (Å²) in [6, 6.07) is 5.76. The van der Waals surface area contributed by atoms with Crippen molar-refractivity contribution in [3.05, 3.63) is 46.8 Å². The molecule has 45 heavy (non-hydrogen) atoms. The zero-order valence-electron chi connectivity index (χ0n) is 26.0. The number of rotatable bonds is 12. The minimum absolute atomic E-state index is 0.192. The molecule has 0 unspecified atom stereocenters. The van der Waals surface area contributed by atoms with Crippen LogP contribution in [0.25, 0.3) is 10.9 Å². The van der Waals surface area contributed by atoms with Gasteiger partial charge in [0.05, 0.1) is 37.8 Å². The van der Waals surface area contributed by atoms with E-state index in [-0.39, 0.29) is 38.2 Å². The summed E-state index contributed by atoms with van der Waals surface area (Å²) in [5.74, 6) is 2.24. The largest absolute Gasteiger partial charge is 0.491 e. The lowest BCUT2D eigenvalue weighted by atomic mass is 9.94. The van der Waals surface area contributed by atoms with E-state index in [2.05, 4.69) is 26.1 Å². The van der Waals surface area contributed by atoms with Gasteiger partial charge in [-0.25, -0.2) is 18.1 Å². The molecule has 2 aliphatic carbocycles. The number of carbonyl (C=O) groups excluding carboxylic acids is 1. The van der Waals surface area contributed by atoms with Crippen molar-refractivity contribution in [3.8, 4) is 11.5 Å². The maximum atomic E-state index is 13.7. The fourth-order valence-electron chi connectivity index (χ4n) is 6.88. The van der Waals surface area contributed by atoms with Gasteiger partial charge in [0.2, 0.25) is 15.6 Å². The van der Waals surface area contributed by atoms with Crippen molar-refractivity contribution in [3.63, 3.8) is 0 Å². The van der Waals surface area contributed by atoms with E-state index in [1.54, 1.807) is 19.4 Å². The van der Waals surface area contributed by atoms with Gasteiger partial charge in [0.25, 0.3) is 5.91 Å². The zero-order valence-corrected chi connectivity index (χ0v) is 26.8. The van der Waals surface area contributed by atoms with Gasteiger partial charge in [0.1, 0.15) is 17.9 Å². The van der Waals surface area contributed by atoms with Crippen LogP contribution in [0.15, 0.2) is 29.4 Å². The molecule has 242 valence electrons. The number of nitrogens with one attached hydrogen (secondary N) is 2. The lowest BCUT2D eigenvalue weighted by molar-refractivity contribution is 0.0994. The normalized spacial score (nSPS) is 17.6. The second-order valence-corrected chi connectivity index (χ2v) is 13.8. The number of carbonyl (C=O) groups is 1. The molecule has 2 aromatic heterocycles. The smallest absolute Gasteiger partial charge is 0.282 e. The summed E-state index contributed by atoms with van der Waals surface area (Å²) in [7, 11) is -1.66. The van der Waals surface area contributed by atoms with Gasteiger partial charge in [-0.1, -0.05) is 25.7 Å². The van der Waals surface area contributed by atoms with E-state index in [4.69, 9.17) is 19.2 Å². The summed E-state index contributed by atoms with van der Waals surface area (Å²) >= 11 is 0. The van der Waals surface area contributed by atoms with Gasteiger partial charge in [0.15, 0.2) is 11.5 Å². The predicted molar refractivity (Wildman–Crippen MR) is 170 cm³/mol. The summed E-state index contributed by atoms with van der Waals surface area (Å²) < 4.78 is 44.9. The van der Waals surface area contributed by atoms with Gasteiger partial charge in [-0.05, 0) is 49.8 Å². The minimum atomic E-state index is -3.27. The molecule has 1 aromatic carbocycles. The molecular formula is C32H42N6O6S. The fraction of sp³-hybridized carbons (Fsp3) is 0.562. The Labute approximate surface area is 263 Å². The molecule has 3 aliphatic rings. The van der Waals surface area contributed by atoms with Gasteiger partial charge < -0.3 is 19.5 Å². The molecule has 12 nitrogen and oxygen atoms in total. The van der Waals surface area contributed by atoms with Gasteiger partial charge >= 0.3 is 0 Å². The number of ether oxygens (including phenoxy) is 3. The van der Waals surface area contributed by atoms with E-state index in [1.165, 1.54) is 0 Å². The number of pyridine rings is 1. The fourth-order valence-corrected chi connectivity index (χ4v) is 7.33. The van der Waals surface area contributed by atoms with Gasteiger partial charge in [-0.3, -0.25) is 14.3 Å². The van der Waals surface area contributed by atoms with Crippen molar-refractivity contribution in [1.29, 1.82) is 0 Å². The molecule has 13 heteroatoms. The number of methoxy groups -OCH3 is 1. The van der Waals surface area contributed by atoms with Crippen molar-refractivity contribution in [1.82, 2.24) is 19.3 Å². The standard InChI is InChI=1S/C32H42N6O6S/c1-42-29-27-25(20-24(21-8-3-4-9-21)28(29)44-19-18-43-17-15-35-45(2,40)41)30-34-14-16-38(30)32(36-27)37-31(39)23-12-7-13-33-26(23)22-10-5-6-11-22/h7,12-13,20-22,34-35H,3-6,8-11,14-19H2,1-2H3. The molecule has 0 radical (unpaired) electrons. The summed E-state index contributed by atoms with van der Waals surface area (Å²) in [6.07, 6.45) is 11.7. The number of benzene rings is 1. The van der Waals surface area contributed by atoms with Gasteiger partial charge in [-0.2, -0.15) is 4.99 Å². The summed E-state index contributed by atoms with van der Waals surface area (Å²) in [4.78, 5) is 27.8. The van der Waals surface area contributed by atoms with Crippen LogP contribution in [0.4, 0.5) is 5.82 Å². The van der Waals surface area contributed by atoms with E-state index in [0.29, 0.717) is 47.2 Å². The number of amides is 1. The summed E-state index contributed by atoms with van der Waals surface area (Å²) in [6.45, 7) is 2.28. The van der Waals surface area contributed by atoms with Crippen molar-refractivity contribution in [2.45, 2.75) is 69.7 Å². The topological polar surface area (TPSA) is 146 Å². The first-order valence-corrected chi connectivity index (χ1v) is 17.8. The molecule has 3 aromatic rings. The first-order valence-electron chi connectivity index (χ1n) is 15.9. The van der Waals surface area contributed by atoms with Crippen LogP contribution in [0.3, 0.4) is 0 Å². The second kappa shape index (κ2) is 13.8. The van der Waals surface area contributed by atoms with Crippen molar-refractivity contribution in [2.75, 3.05) is 51.6 Å². The first kappa shape index (κ1) is 31.4. The number of hydrogen-bond acceptors (Lipinski definition) is 9. The molecule has 2 N–H and O–H groups in total. The van der Waals surface area contributed by atoms with E-state index in [0.717, 1.165) is 80.1 Å². The van der Waals surface area contributed by atoms with Gasteiger partial charge in [0, 0.05) is 42.7 Å². The Morgan fingerprint density at radius 3 is 2.58 bits per heavy atom. The lowest BCUT2D eigenvalue weighted by Crippen LogP contribution is -2.26. The van der Waals surface area contributed by atoms with Crippen LogP contribution in [0.5, 0.6) is 11.5 Å². The first-order chi connectivity index (χ1) is 21.8. The number of anilines is 1. The average Bonchev–Trinajstić information content (AvgIpc) is 3.83. The Morgan fingerprint density at radius 2 is 1.84 bits per heavy atom. The SMILES string of the molecule is COc1c(OCCOCCNS(C)(=O)=O)c(C2CCCC2)cc2c3n(c(=NC(=O)c4cccnc4C4CCCC4)nc12)CCN3. The molecule has 1 amide bonds. The van der Waals surface area contributed by atoms with Crippen LogP contribution < -0.4 is 25.1 Å². The monoisotopic (exact) mass is 638 g/mol. The van der Waals surface area contributed by atoms with Crippen LogP contribution in [-0.2, 0) is 21.3 Å². The number of fused-ring (bicyclic) bond motifs is 3. The molecule has 6 rings (SSSR count). The van der Waals surface area contributed by atoms with Crippen LogP contribution in [0.1, 0.15) is 84.8 Å². The van der Waals surface area contributed by atoms with Crippen LogP contribution in [0, 0.1) is 0 Å². The molecular weight excluding hydrogens is 596 g/mol. The lowest BCUT2D eigenvalue weighted by Gasteiger charge is -2.21. The van der Waals surface area contributed by atoms with Crippen LogP contribution >= 0.6 is 0 Å². The van der Waals surface area contributed by atoms with Crippen LogP contribution in [0.2, 0.25) is 0 Å². The molecule has 2 fully saturated rings. The third kappa shape index (κ3) is 7.00. The van der Waals surface area contributed by atoms with Gasteiger partial charge in [-0.15, -0.1) is 0 Å². The maximum Gasteiger partial charge on any atom is 0.282 e. The minimum Gasteiger partial charge on any atom is -0.491 e. The number of hydrogen-bond donors (Lipinski definition) is 2. The Kier molecular flexibility index (Phi) is 9.67. The van der Waals surface area contributed by atoms with E-state index < -0.39 is 10.0 Å². The van der Waals surface area contributed by atoms with Crippen molar-refractivity contribution < 1.29 is 27.4 Å². The number of sulfonamides is 1. The highest BCUT2D eigenvalue weighted by atomic mass is 32.2. The molecule has 0 spiro atoms. The molecule has 3 heterocycles.